The summed E-state index contributed by atoms with van der Waals surface area (Å²) in [6, 6.07) is 43.7. The van der Waals surface area contributed by atoms with Gasteiger partial charge < -0.3 is 19.0 Å². The van der Waals surface area contributed by atoms with E-state index in [1.54, 1.807) is 30.3 Å². The van der Waals surface area contributed by atoms with Crippen LogP contribution in [0.25, 0.3) is 22.6 Å². The van der Waals surface area contributed by atoms with E-state index >= 15 is 0 Å². The van der Waals surface area contributed by atoms with Gasteiger partial charge in [-0.3, -0.25) is 0 Å². The van der Waals surface area contributed by atoms with E-state index in [1.807, 2.05) is 109 Å². The maximum atomic E-state index is 12.7. The maximum absolute atomic E-state index is 12.7. The average Bonchev–Trinajstić information content (AvgIpc) is 3.62. The summed E-state index contributed by atoms with van der Waals surface area (Å²) in [5.74, 6) is 1.25. The summed E-state index contributed by atoms with van der Waals surface area (Å²) < 4.78 is 47.9. The predicted molar refractivity (Wildman–Crippen MR) is 198 cm³/mol. The fourth-order valence-electron chi connectivity index (χ4n) is 6.06. The molecule has 10 heteroatoms. The van der Waals surface area contributed by atoms with Crippen LogP contribution in [0.3, 0.4) is 0 Å². The zero-order valence-corrected chi connectivity index (χ0v) is 29.6. The number of nitrogens with zero attached hydrogens (tertiary/aromatic N) is 1. The van der Waals surface area contributed by atoms with Gasteiger partial charge in [-0.2, -0.15) is 0 Å². The highest BCUT2D eigenvalue weighted by Gasteiger charge is 2.38. The Kier molecular flexibility index (Phi) is 10.8. The summed E-state index contributed by atoms with van der Waals surface area (Å²) >= 11 is 1.51. The van der Waals surface area contributed by atoms with E-state index in [9.17, 15) is 13.5 Å². The highest BCUT2D eigenvalue weighted by atomic mass is 32.2. The molecule has 0 bridgehead atoms. The standard InChI is InChI=1S/C41H38N2O6S2/c1-28-36(27-50-41-43-37(31-11-5-2-6-12-31)39(49-41)32-13-7-3-8-14-32)47-40(48-38(28)33-21-19-30(26-44)20-22-33)34-23-17-29(18-24-34)25-42-51(45,46)35-15-9-4-10-16-35/h2-24,28,36,38,40,42,44H,25-27H2,1H3/t28-,36+,38+,40+/m0/s1. The van der Waals surface area contributed by atoms with Crippen molar-refractivity contribution < 1.29 is 27.4 Å². The van der Waals surface area contributed by atoms with Gasteiger partial charge in [0.25, 0.3) is 5.22 Å². The lowest BCUT2D eigenvalue weighted by Gasteiger charge is -2.41. The Morgan fingerprint density at radius 1 is 0.725 bits per heavy atom. The molecule has 0 amide bonds. The second-order valence-electron chi connectivity index (χ2n) is 12.4. The number of rotatable bonds is 12. The molecule has 1 saturated heterocycles. The summed E-state index contributed by atoms with van der Waals surface area (Å²) in [6.07, 6.45) is -1.20. The van der Waals surface area contributed by atoms with Crippen molar-refractivity contribution in [2.24, 2.45) is 5.92 Å². The van der Waals surface area contributed by atoms with Crippen LogP contribution in [-0.2, 0) is 32.6 Å². The number of hydrogen-bond acceptors (Lipinski definition) is 8. The quantitative estimate of drug-likeness (QED) is 0.121. The molecule has 0 aliphatic carbocycles. The van der Waals surface area contributed by atoms with Crippen molar-refractivity contribution >= 4 is 21.8 Å². The lowest BCUT2D eigenvalue weighted by Crippen LogP contribution is -2.38. The molecule has 0 radical (unpaired) electrons. The highest BCUT2D eigenvalue weighted by Crippen LogP contribution is 2.44. The molecule has 6 aromatic rings. The Balaban J connectivity index is 1.11. The normalized spacial score (nSPS) is 19.2. The van der Waals surface area contributed by atoms with E-state index in [4.69, 9.17) is 18.9 Å². The number of oxazole rings is 1. The number of aliphatic hydroxyl groups excluding tert-OH is 1. The van der Waals surface area contributed by atoms with Gasteiger partial charge in [0.15, 0.2) is 12.1 Å². The first-order chi connectivity index (χ1) is 24.9. The van der Waals surface area contributed by atoms with Crippen LogP contribution in [0.4, 0.5) is 0 Å². The van der Waals surface area contributed by atoms with Gasteiger partial charge >= 0.3 is 0 Å². The third-order valence-electron chi connectivity index (χ3n) is 8.96. The summed E-state index contributed by atoms with van der Waals surface area (Å²) in [7, 11) is -3.64. The van der Waals surface area contributed by atoms with Crippen molar-refractivity contribution in [3.05, 3.63) is 162 Å². The molecule has 7 rings (SSSR count). The van der Waals surface area contributed by atoms with Crippen LogP contribution < -0.4 is 4.72 Å². The summed E-state index contributed by atoms with van der Waals surface area (Å²) in [4.78, 5) is 5.16. The SMILES string of the molecule is C[C@H]1[C@@H](CSc2nc(-c3ccccc3)c(-c3ccccc3)o2)O[C@@H](c2ccc(CNS(=O)(=O)c3ccccc3)cc2)O[C@H]1c1ccc(CO)cc1. The molecule has 1 fully saturated rings. The van der Waals surface area contributed by atoms with E-state index in [-0.39, 0.29) is 36.2 Å². The molecular formula is C41H38N2O6S2. The molecule has 0 saturated carbocycles. The van der Waals surface area contributed by atoms with Crippen molar-refractivity contribution in [3.63, 3.8) is 0 Å². The first-order valence-corrected chi connectivity index (χ1v) is 19.2. The fourth-order valence-corrected chi connectivity index (χ4v) is 8.08. The number of hydrogen-bond donors (Lipinski definition) is 2. The van der Waals surface area contributed by atoms with Crippen molar-refractivity contribution in [2.45, 2.75) is 48.7 Å². The highest BCUT2D eigenvalue weighted by molar-refractivity contribution is 7.99. The minimum atomic E-state index is -3.64. The van der Waals surface area contributed by atoms with Crippen LogP contribution in [-0.4, -0.2) is 30.4 Å². The van der Waals surface area contributed by atoms with Crippen molar-refractivity contribution in [1.82, 2.24) is 9.71 Å². The number of thioether (sulfide) groups is 1. The molecule has 1 aliphatic heterocycles. The lowest BCUT2D eigenvalue weighted by molar-refractivity contribution is -0.268. The molecule has 260 valence electrons. The number of sulfonamides is 1. The Hall–Kier alpha value is -4.55. The van der Waals surface area contributed by atoms with Crippen LogP contribution in [0.5, 0.6) is 0 Å². The third-order valence-corrected chi connectivity index (χ3v) is 11.3. The van der Waals surface area contributed by atoms with Gasteiger partial charge in [-0.1, -0.05) is 146 Å². The zero-order valence-electron chi connectivity index (χ0n) is 28.0. The van der Waals surface area contributed by atoms with Gasteiger partial charge in [0, 0.05) is 34.9 Å². The first-order valence-electron chi connectivity index (χ1n) is 16.8. The van der Waals surface area contributed by atoms with Gasteiger partial charge in [0.05, 0.1) is 23.7 Å². The first kappa shape index (κ1) is 34.9. The lowest BCUT2D eigenvalue weighted by atomic mass is 9.91. The van der Waals surface area contributed by atoms with E-state index in [0.717, 1.165) is 44.8 Å². The maximum Gasteiger partial charge on any atom is 0.256 e. The van der Waals surface area contributed by atoms with Crippen LogP contribution >= 0.6 is 11.8 Å². The van der Waals surface area contributed by atoms with Crippen LogP contribution in [0.1, 0.15) is 41.6 Å². The van der Waals surface area contributed by atoms with E-state index < -0.39 is 16.3 Å². The second-order valence-corrected chi connectivity index (χ2v) is 15.1. The molecular weight excluding hydrogens is 681 g/mol. The second kappa shape index (κ2) is 15.8. The van der Waals surface area contributed by atoms with Gasteiger partial charge in [-0.05, 0) is 28.8 Å². The molecule has 2 N–H and O–H groups in total. The largest absolute Gasteiger partial charge is 0.431 e. The van der Waals surface area contributed by atoms with Gasteiger partial charge in [0.2, 0.25) is 10.0 Å². The van der Waals surface area contributed by atoms with Gasteiger partial charge in [-0.25, -0.2) is 18.1 Å². The van der Waals surface area contributed by atoms with Crippen molar-refractivity contribution in [2.75, 3.05) is 5.75 Å². The van der Waals surface area contributed by atoms with E-state index in [0.29, 0.717) is 11.0 Å². The Morgan fingerprint density at radius 2 is 1.31 bits per heavy atom. The Bertz CT molecular complexity index is 2070. The predicted octanol–water partition coefficient (Wildman–Crippen LogP) is 8.56. The van der Waals surface area contributed by atoms with Crippen molar-refractivity contribution in [3.8, 4) is 22.6 Å². The van der Waals surface area contributed by atoms with Crippen molar-refractivity contribution in [1.29, 1.82) is 0 Å². The molecule has 1 aliphatic rings. The number of aliphatic hydroxyl groups is 1. The molecule has 2 heterocycles. The number of nitrogens with one attached hydrogen (secondary N) is 1. The smallest absolute Gasteiger partial charge is 0.256 e. The average molecular weight is 719 g/mol. The third kappa shape index (κ3) is 8.18. The minimum Gasteiger partial charge on any atom is -0.431 e. The zero-order chi connectivity index (χ0) is 35.2. The summed E-state index contributed by atoms with van der Waals surface area (Å²) in [6.45, 7) is 2.23. The molecule has 51 heavy (non-hydrogen) atoms. The van der Waals surface area contributed by atoms with Crippen LogP contribution in [0.15, 0.2) is 154 Å². The van der Waals surface area contributed by atoms with Gasteiger partial charge in [-0.15, -0.1) is 0 Å². The molecule has 0 unspecified atom stereocenters. The van der Waals surface area contributed by atoms with Gasteiger partial charge in [0.1, 0.15) is 5.69 Å². The topological polar surface area (TPSA) is 111 Å². The minimum absolute atomic E-state index is 0.0301. The number of benzene rings is 5. The fraction of sp³-hybridized carbons (Fsp3) is 0.195. The monoisotopic (exact) mass is 718 g/mol. The van der Waals surface area contributed by atoms with E-state index in [1.165, 1.54) is 11.8 Å². The van der Waals surface area contributed by atoms with Crippen LogP contribution in [0.2, 0.25) is 0 Å². The van der Waals surface area contributed by atoms with Crippen LogP contribution in [0, 0.1) is 5.92 Å². The molecule has 8 nitrogen and oxygen atoms in total. The van der Waals surface area contributed by atoms with E-state index in [2.05, 4.69) is 11.6 Å². The summed E-state index contributed by atoms with van der Waals surface area (Å²) in [5.41, 5.74) is 6.16. The molecule has 5 aromatic carbocycles. The summed E-state index contributed by atoms with van der Waals surface area (Å²) in [5, 5.41) is 10.2. The number of aromatic nitrogens is 1. The molecule has 0 spiro atoms. The Morgan fingerprint density at radius 3 is 1.96 bits per heavy atom. The molecule has 4 atom stereocenters. The molecule has 1 aromatic heterocycles. The Labute approximate surface area is 302 Å². The number of ether oxygens (including phenoxy) is 2.